The molecular formula is C41H60O14. The number of carbonyl (C=O) groups is 2. The van der Waals surface area contributed by atoms with Gasteiger partial charge >= 0.3 is 11.9 Å². The van der Waals surface area contributed by atoms with Crippen LogP contribution in [0.2, 0.25) is 0 Å². The molecule has 308 valence electrons. The molecule has 2 aromatic carbocycles. The third-order valence-corrected chi connectivity index (χ3v) is 7.22. The van der Waals surface area contributed by atoms with Crippen LogP contribution in [-0.4, -0.2) is 77.4 Å². The average Bonchev–Trinajstić information content (AvgIpc) is 3.13. The molecule has 14 nitrogen and oxygen atoms in total. The number of esters is 2. The lowest BCUT2D eigenvalue weighted by Gasteiger charge is -2.29. The Bertz CT molecular complexity index is 1500. The second-order valence-corrected chi connectivity index (χ2v) is 11.6. The van der Waals surface area contributed by atoms with Crippen molar-refractivity contribution in [2.75, 3.05) is 52.9 Å². The van der Waals surface area contributed by atoms with E-state index in [4.69, 9.17) is 56.8 Å². The third kappa shape index (κ3) is 11.9. The molecule has 0 heterocycles. The molecule has 55 heavy (non-hydrogen) atoms. The number of rotatable bonds is 26. The molecule has 0 spiro atoms. The van der Waals surface area contributed by atoms with E-state index in [-0.39, 0.29) is 128 Å². The monoisotopic (exact) mass is 776 g/mol. The fourth-order valence-electron chi connectivity index (χ4n) is 5.25. The molecule has 0 saturated carbocycles. The summed E-state index contributed by atoms with van der Waals surface area (Å²) in [6.45, 7) is 29.9. The topological polar surface area (TPSA) is 145 Å². The van der Waals surface area contributed by atoms with Gasteiger partial charge in [-0.05, 0) is 69.2 Å². The lowest BCUT2D eigenvalue weighted by atomic mass is 9.97. The molecule has 0 fully saturated rings. The van der Waals surface area contributed by atoms with Crippen molar-refractivity contribution >= 4 is 11.9 Å². The lowest BCUT2D eigenvalue weighted by Crippen LogP contribution is -2.23. The van der Waals surface area contributed by atoms with E-state index in [9.17, 15) is 9.59 Å². The van der Waals surface area contributed by atoms with Gasteiger partial charge < -0.3 is 56.8 Å². The molecule has 0 radical (unpaired) electrons. The minimum atomic E-state index is -1.15. The van der Waals surface area contributed by atoms with Gasteiger partial charge in [0.25, 0.3) is 0 Å². The summed E-state index contributed by atoms with van der Waals surface area (Å²) in [5.41, 5.74) is 1.12. The predicted octanol–water partition coefficient (Wildman–Crippen LogP) is 8.16. The van der Waals surface area contributed by atoms with Crippen LogP contribution >= 0.6 is 0 Å². The van der Waals surface area contributed by atoms with Crippen molar-refractivity contribution in [3.8, 4) is 57.5 Å². The fraction of sp³-hybridized carbons (Fsp3) is 0.561. The van der Waals surface area contributed by atoms with Crippen LogP contribution in [0.5, 0.6) is 57.5 Å². The molecule has 0 aliphatic carbocycles. The molecular weight excluding hydrogens is 716 g/mol. The van der Waals surface area contributed by atoms with E-state index in [1.54, 1.807) is 13.8 Å². The lowest BCUT2D eigenvalue weighted by molar-refractivity contribution is -0.157. The van der Waals surface area contributed by atoms with Crippen molar-refractivity contribution in [2.24, 2.45) is 0 Å². The predicted molar refractivity (Wildman–Crippen MR) is 207 cm³/mol. The SMILES string of the molecule is C=C(C)C(=O)OC(C)Oc1c(Cc2c(OCC)c(OCC)c(OCC)c(OCC)c2OC(C)OC(=O)C(=C)C)c(OCC)c(OCC)c(OCC)c1OCC. The van der Waals surface area contributed by atoms with Gasteiger partial charge in [0.05, 0.1) is 52.9 Å². The van der Waals surface area contributed by atoms with E-state index in [1.807, 2.05) is 55.4 Å². The molecule has 0 amide bonds. The zero-order valence-electron chi connectivity index (χ0n) is 34.6. The van der Waals surface area contributed by atoms with E-state index in [0.29, 0.717) is 11.1 Å². The van der Waals surface area contributed by atoms with Crippen molar-refractivity contribution in [1.29, 1.82) is 0 Å². The summed E-state index contributed by atoms with van der Waals surface area (Å²) in [5, 5.41) is 0. The summed E-state index contributed by atoms with van der Waals surface area (Å²) in [5.74, 6) is 0.764. The summed E-state index contributed by atoms with van der Waals surface area (Å²) in [7, 11) is 0. The number of carbonyl (C=O) groups excluding carboxylic acids is 2. The molecule has 14 heteroatoms. The van der Waals surface area contributed by atoms with Crippen LogP contribution in [0.4, 0.5) is 0 Å². The van der Waals surface area contributed by atoms with Gasteiger partial charge in [-0.2, -0.15) is 0 Å². The van der Waals surface area contributed by atoms with Crippen LogP contribution in [0.25, 0.3) is 0 Å². The molecule has 0 saturated heterocycles. The van der Waals surface area contributed by atoms with E-state index >= 15 is 0 Å². The van der Waals surface area contributed by atoms with Gasteiger partial charge in [-0.25, -0.2) is 9.59 Å². The molecule has 0 aliphatic heterocycles. The van der Waals surface area contributed by atoms with E-state index < -0.39 is 24.5 Å². The Morgan fingerprint density at radius 1 is 0.418 bits per heavy atom. The van der Waals surface area contributed by atoms with Crippen molar-refractivity contribution < 1.29 is 66.4 Å². The normalized spacial score (nSPS) is 11.7. The molecule has 2 rings (SSSR count). The maximum atomic E-state index is 12.7. The highest BCUT2D eigenvalue weighted by Gasteiger charge is 2.36. The van der Waals surface area contributed by atoms with Gasteiger partial charge in [-0.1, -0.05) is 13.2 Å². The fourth-order valence-corrected chi connectivity index (χ4v) is 5.25. The first kappa shape index (κ1) is 46.0. The maximum absolute atomic E-state index is 12.7. The molecule has 0 aromatic heterocycles. The van der Waals surface area contributed by atoms with Crippen molar-refractivity contribution in [3.05, 3.63) is 35.4 Å². The number of benzene rings is 2. The van der Waals surface area contributed by atoms with Crippen LogP contribution in [0.3, 0.4) is 0 Å². The highest BCUT2D eigenvalue weighted by atomic mass is 16.7. The highest BCUT2D eigenvalue weighted by Crippen LogP contribution is 2.59. The summed E-state index contributed by atoms with van der Waals surface area (Å²) in [6.07, 6.45) is -2.38. The Morgan fingerprint density at radius 2 is 0.636 bits per heavy atom. The van der Waals surface area contributed by atoms with Gasteiger partial charge in [0, 0.05) is 42.5 Å². The van der Waals surface area contributed by atoms with Crippen molar-refractivity contribution in [2.45, 2.75) is 102 Å². The molecule has 0 aliphatic rings. The quantitative estimate of drug-likeness (QED) is 0.0515. The maximum Gasteiger partial charge on any atom is 0.336 e. The summed E-state index contributed by atoms with van der Waals surface area (Å²) in [4.78, 5) is 25.3. The van der Waals surface area contributed by atoms with Crippen LogP contribution < -0.4 is 47.4 Å². The van der Waals surface area contributed by atoms with E-state index in [2.05, 4.69) is 13.2 Å². The second kappa shape index (κ2) is 22.9. The van der Waals surface area contributed by atoms with Gasteiger partial charge in [0.15, 0.2) is 23.0 Å². The molecule has 2 aromatic rings. The Labute approximate surface area is 325 Å². The Hall–Kier alpha value is -5.14. The van der Waals surface area contributed by atoms with Crippen molar-refractivity contribution in [3.63, 3.8) is 0 Å². The number of hydrogen-bond acceptors (Lipinski definition) is 14. The smallest absolute Gasteiger partial charge is 0.336 e. The zero-order chi connectivity index (χ0) is 41.2. The third-order valence-electron chi connectivity index (χ3n) is 7.22. The van der Waals surface area contributed by atoms with E-state index in [0.717, 1.165) is 0 Å². The Morgan fingerprint density at radius 3 is 0.873 bits per heavy atom. The summed E-state index contributed by atoms with van der Waals surface area (Å²) >= 11 is 0. The zero-order valence-corrected chi connectivity index (χ0v) is 34.6. The van der Waals surface area contributed by atoms with E-state index in [1.165, 1.54) is 13.8 Å². The first-order valence-electron chi connectivity index (χ1n) is 18.8. The van der Waals surface area contributed by atoms with Crippen LogP contribution in [0.15, 0.2) is 24.3 Å². The number of hydrogen-bond donors (Lipinski definition) is 0. The van der Waals surface area contributed by atoms with Crippen molar-refractivity contribution in [1.82, 2.24) is 0 Å². The molecule has 0 bridgehead atoms. The second-order valence-electron chi connectivity index (χ2n) is 11.6. The summed E-state index contributed by atoms with van der Waals surface area (Å²) in [6, 6.07) is 0. The van der Waals surface area contributed by atoms with Crippen LogP contribution in [-0.2, 0) is 25.5 Å². The molecule has 2 atom stereocenters. The average molecular weight is 777 g/mol. The highest BCUT2D eigenvalue weighted by molar-refractivity contribution is 5.87. The first-order valence-corrected chi connectivity index (χ1v) is 18.8. The number of ether oxygens (including phenoxy) is 12. The molecule has 2 unspecified atom stereocenters. The molecule has 0 N–H and O–H groups in total. The minimum absolute atomic E-state index is 0.0866. The first-order chi connectivity index (χ1) is 26.3. The van der Waals surface area contributed by atoms with Gasteiger partial charge in [0.1, 0.15) is 0 Å². The van der Waals surface area contributed by atoms with Crippen LogP contribution in [0.1, 0.15) is 94.2 Å². The Balaban J connectivity index is 3.32. The minimum Gasteiger partial charge on any atom is -0.489 e. The van der Waals surface area contributed by atoms with Gasteiger partial charge in [-0.15, -0.1) is 0 Å². The Kier molecular flexibility index (Phi) is 19.2. The van der Waals surface area contributed by atoms with Gasteiger partial charge in [0.2, 0.25) is 47.1 Å². The van der Waals surface area contributed by atoms with Crippen LogP contribution in [0, 0.1) is 0 Å². The largest absolute Gasteiger partial charge is 0.489 e. The van der Waals surface area contributed by atoms with Gasteiger partial charge in [-0.3, -0.25) is 0 Å². The summed E-state index contributed by atoms with van der Waals surface area (Å²) < 4.78 is 74.1. The standard InChI is InChI=1S/C41H60O14/c1-15-44-30-28(32(52-26(13)54-40(42)24(9)10)36(48-19-5)38(50-21-7)34(30)46-17-3)23-29-31(45-16-2)35(47-18-4)39(51-22-8)37(49-20-6)33(29)53-27(14)55-41(43)25(11)12/h26-27H,9,11,15-23H2,1-8,10,12-14H3.